The molecule has 2 rings (SSSR count). The Morgan fingerprint density at radius 1 is 1.25 bits per heavy atom. The molecule has 94 valence electrons. The van der Waals surface area contributed by atoms with Crippen LogP contribution in [0.4, 0.5) is 0 Å². The lowest BCUT2D eigenvalue weighted by Crippen LogP contribution is -2.41. The highest BCUT2D eigenvalue weighted by Gasteiger charge is 2.37. The second-order valence-corrected chi connectivity index (χ2v) is 6.89. The van der Waals surface area contributed by atoms with Crippen LogP contribution >= 0.6 is 0 Å². The Bertz CT molecular complexity index is 344. The first-order valence-electron chi connectivity index (χ1n) is 5.94. The van der Waals surface area contributed by atoms with Gasteiger partial charge in [-0.25, -0.2) is 12.7 Å². The molecule has 2 aliphatic heterocycles. The van der Waals surface area contributed by atoms with Gasteiger partial charge in [0.2, 0.25) is 10.0 Å². The number of likely N-dealkylation sites (N-methyl/N-ethyl adjacent to an activating group) is 1. The minimum Gasteiger partial charge on any atom is -0.329 e. The van der Waals surface area contributed by atoms with Gasteiger partial charge in [0.15, 0.2) is 0 Å². The number of nitrogens with zero attached hydrogens (tertiary/aromatic N) is 2. The Kier molecular flexibility index (Phi) is 3.53. The van der Waals surface area contributed by atoms with Crippen LogP contribution in [-0.2, 0) is 10.0 Å². The summed E-state index contributed by atoms with van der Waals surface area (Å²) in [4.78, 5) is 2.35. The smallest absolute Gasteiger partial charge is 0.215 e. The van der Waals surface area contributed by atoms with Gasteiger partial charge in [-0.1, -0.05) is 0 Å². The average Bonchev–Trinajstić information content (AvgIpc) is 2.39. The summed E-state index contributed by atoms with van der Waals surface area (Å²) in [7, 11) is -1.01. The zero-order valence-electron chi connectivity index (χ0n) is 9.80. The average molecular weight is 247 g/mol. The predicted molar refractivity (Wildman–Crippen MR) is 63.6 cm³/mol. The van der Waals surface area contributed by atoms with Crippen molar-refractivity contribution in [2.24, 2.45) is 5.73 Å². The normalized spacial score (nSPS) is 32.9. The monoisotopic (exact) mass is 247 g/mol. The van der Waals surface area contributed by atoms with Crippen molar-refractivity contribution in [1.29, 1.82) is 0 Å². The Hall–Kier alpha value is -0.170. The summed E-state index contributed by atoms with van der Waals surface area (Å²) in [6.07, 6.45) is 3.29. The highest BCUT2D eigenvalue weighted by molar-refractivity contribution is 7.89. The maximum atomic E-state index is 11.9. The van der Waals surface area contributed by atoms with Crippen molar-refractivity contribution in [3.8, 4) is 0 Å². The first-order chi connectivity index (χ1) is 7.54. The summed E-state index contributed by atoms with van der Waals surface area (Å²) < 4.78 is 25.5. The molecule has 0 aromatic carbocycles. The standard InChI is InChI=1S/C10H21N3O2S/c1-12-9-2-3-10(12)8-13(6-4-9)16(14,15)7-5-11/h9-10H,2-8,11H2,1H3. The van der Waals surface area contributed by atoms with Crippen LogP contribution < -0.4 is 5.73 Å². The van der Waals surface area contributed by atoms with Crippen LogP contribution in [0.25, 0.3) is 0 Å². The molecule has 0 saturated carbocycles. The molecule has 6 heteroatoms. The molecule has 2 aliphatic rings. The Labute approximate surface area is 97.6 Å². The van der Waals surface area contributed by atoms with Crippen molar-refractivity contribution in [1.82, 2.24) is 9.21 Å². The molecular weight excluding hydrogens is 226 g/mol. The lowest BCUT2D eigenvalue weighted by molar-refractivity contribution is 0.246. The largest absolute Gasteiger partial charge is 0.329 e. The van der Waals surface area contributed by atoms with Crippen LogP contribution in [-0.4, -0.2) is 62.1 Å². The van der Waals surface area contributed by atoms with Crippen LogP contribution in [0.2, 0.25) is 0 Å². The molecule has 0 aromatic heterocycles. The first-order valence-corrected chi connectivity index (χ1v) is 7.55. The fraction of sp³-hybridized carbons (Fsp3) is 1.00. The minimum absolute atomic E-state index is 0.0775. The number of fused-ring (bicyclic) bond motifs is 2. The third-order valence-electron chi connectivity index (χ3n) is 3.88. The van der Waals surface area contributed by atoms with Gasteiger partial charge in [-0.05, 0) is 26.3 Å². The van der Waals surface area contributed by atoms with E-state index in [2.05, 4.69) is 11.9 Å². The van der Waals surface area contributed by atoms with Gasteiger partial charge in [0, 0.05) is 31.7 Å². The van der Waals surface area contributed by atoms with Gasteiger partial charge < -0.3 is 5.73 Å². The first kappa shape index (κ1) is 12.3. The van der Waals surface area contributed by atoms with Gasteiger partial charge in [0.1, 0.15) is 0 Å². The topological polar surface area (TPSA) is 66.6 Å². The van der Waals surface area contributed by atoms with Crippen molar-refractivity contribution in [2.75, 3.05) is 32.4 Å². The minimum atomic E-state index is -3.12. The molecule has 2 atom stereocenters. The van der Waals surface area contributed by atoms with E-state index < -0.39 is 10.0 Å². The lowest BCUT2D eigenvalue weighted by Gasteiger charge is -2.25. The number of sulfonamides is 1. The molecule has 16 heavy (non-hydrogen) atoms. The van der Waals surface area contributed by atoms with E-state index in [-0.39, 0.29) is 12.3 Å². The van der Waals surface area contributed by atoms with Gasteiger partial charge in [0.25, 0.3) is 0 Å². The van der Waals surface area contributed by atoms with Crippen LogP contribution in [0.3, 0.4) is 0 Å². The van der Waals surface area contributed by atoms with Gasteiger partial charge >= 0.3 is 0 Å². The molecule has 0 amide bonds. The lowest BCUT2D eigenvalue weighted by atomic mass is 10.1. The van der Waals surface area contributed by atoms with Crippen molar-refractivity contribution in [3.63, 3.8) is 0 Å². The van der Waals surface area contributed by atoms with Crippen molar-refractivity contribution < 1.29 is 8.42 Å². The Balaban J connectivity index is 2.09. The third kappa shape index (κ3) is 2.25. The van der Waals surface area contributed by atoms with Crippen LogP contribution in [0.15, 0.2) is 0 Å². The van der Waals surface area contributed by atoms with Gasteiger partial charge in [-0.15, -0.1) is 0 Å². The van der Waals surface area contributed by atoms with Gasteiger partial charge in [-0.2, -0.15) is 0 Å². The third-order valence-corrected chi connectivity index (χ3v) is 5.75. The molecule has 0 aromatic rings. The van der Waals surface area contributed by atoms with Crippen molar-refractivity contribution in [2.45, 2.75) is 31.3 Å². The van der Waals surface area contributed by atoms with E-state index >= 15 is 0 Å². The molecule has 2 fully saturated rings. The highest BCUT2D eigenvalue weighted by Crippen LogP contribution is 2.29. The molecule has 5 nitrogen and oxygen atoms in total. The molecule has 0 spiro atoms. The van der Waals surface area contributed by atoms with E-state index in [1.165, 1.54) is 6.42 Å². The summed E-state index contributed by atoms with van der Waals surface area (Å²) in [5.41, 5.74) is 5.35. The van der Waals surface area contributed by atoms with Crippen LogP contribution in [0, 0.1) is 0 Å². The fourth-order valence-electron chi connectivity index (χ4n) is 2.81. The van der Waals surface area contributed by atoms with Crippen LogP contribution in [0.5, 0.6) is 0 Å². The van der Waals surface area contributed by atoms with E-state index in [0.717, 1.165) is 12.8 Å². The number of hydrogen-bond acceptors (Lipinski definition) is 4. The van der Waals surface area contributed by atoms with Gasteiger partial charge in [-0.3, -0.25) is 4.90 Å². The van der Waals surface area contributed by atoms with E-state index in [0.29, 0.717) is 25.2 Å². The summed E-state index contributed by atoms with van der Waals surface area (Å²) in [6.45, 7) is 1.52. The molecule has 2 N–H and O–H groups in total. The fourth-order valence-corrected chi connectivity index (χ4v) is 4.15. The zero-order chi connectivity index (χ0) is 11.8. The molecule has 2 heterocycles. The Morgan fingerprint density at radius 2 is 1.94 bits per heavy atom. The summed E-state index contributed by atoms with van der Waals surface area (Å²) in [6, 6.07) is 0.975. The molecule has 2 saturated heterocycles. The zero-order valence-corrected chi connectivity index (χ0v) is 10.6. The van der Waals surface area contributed by atoms with E-state index in [9.17, 15) is 8.42 Å². The second-order valence-electron chi connectivity index (χ2n) is 4.80. The van der Waals surface area contributed by atoms with Crippen LogP contribution in [0.1, 0.15) is 19.3 Å². The maximum absolute atomic E-state index is 11.9. The number of hydrogen-bond donors (Lipinski definition) is 1. The second kappa shape index (κ2) is 4.60. The number of rotatable bonds is 3. The Morgan fingerprint density at radius 3 is 2.62 bits per heavy atom. The molecule has 2 unspecified atom stereocenters. The quantitative estimate of drug-likeness (QED) is 0.726. The predicted octanol–water partition coefficient (Wildman–Crippen LogP) is -0.557. The number of nitrogens with two attached hydrogens (primary N) is 1. The summed E-state index contributed by atoms with van der Waals surface area (Å²) in [5, 5.41) is 0. The van der Waals surface area contributed by atoms with E-state index in [1.54, 1.807) is 4.31 Å². The molecule has 2 bridgehead atoms. The highest BCUT2D eigenvalue weighted by atomic mass is 32.2. The SMILES string of the molecule is CN1C2CCC1CN(S(=O)(=O)CCN)CC2. The molecule has 0 radical (unpaired) electrons. The van der Waals surface area contributed by atoms with Gasteiger partial charge in [0.05, 0.1) is 5.75 Å². The molecular formula is C10H21N3O2S. The summed E-state index contributed by atoms with van der Waals surface area (Å²) in [5.74, 6) is 0.0775. The molecule has 0 aliphatic carbocycles. The van der Waals surface area contributed by atoms with E-state index in [1.807, 2.05) is 0 Å². The maximum Gasteiger partial charge on any atom is 0.215 e. The van der Waals surface area contributed by atoms with Crippen molar-refractivity contribution >= 4 is 10.0 Å². The van der Waals surface area contributed by atoms with E-state index in [4.69, 9.17) is 5.73 Å². The summed E-state index contributed by atoms with van der Waals surface area (Å²) >= 11 is 0. The van der Waals surface area contributed by atoms with Crippen molar-refractivity contribution in [3.05, 3.63) is 0 Å².